The molecule has 0 aliphatic heterocycles. The molecule has 0 heterocycles. The highest BCUT2D eigenvalue weighted by molar-refractivity contribution is 7.89. The average molecular weight is 311 g/mol. The van der Waals surface area contributed by atoms with Crippen molar-refractivity contribution in [1.82, 2.24) is 4.31 Å². The van der Waals surface area contributed by atoms with Crippen LogP contribution >= 0.6 is 0 Å². The lowest BCUT2D eigenvalue weighted by Gasteiger charge is -2.22. The molecular weight excluding hydrogens is 295 g/mol. The number of aliphatic hydroxyl groups is 1. The molecule has 0 aliphatic carbocycles. The van der Waals surface area contributed by atoms with Crippen molar-refractivity contribution in [3.05, 3.63) is 29.8 Å². The minimum atomic E-state index is -4.61. The zero-order chi connectivity index (χ0) is 15.6. The van der Waals surface area contributed by atoms with Crippen molar-refractivity contribution in [3.8, 4) is 0 Å². The van der Waals surface area contributed by atoms with Gasteiger partial charge in [-0.2, -0.15) is 17.5 Å². The summed E-state index contributed by atoms with van der Waals surface area (Å²) in [6.07, 6.45) is -5.51. The Morgan fingerprint density at radius 1 is 1.35 bits per heavy atom. The molecule has 0 aromatic heterocycles. The highest BCUT2D eigenvalue weighted by atomic mass is 32.2. The van der Waals surface area contributed by atoms with E-state index in [4.69, 9.17) is 0 Å². The molecule has 1 atom stereocenters. The first-order valence-corrected chi connectivity index (χ1v) is 7.37. The third kappa shape index (κ3) is 4.19. The molecule has 0 aliphatic rings. The number of alkyl halides is 3. The van der Waals surface area contributed by atoms with E-state index in [9.17, 15) is 26.7 Å². The Kier molecular flexibility index (Phi) is 5.17. The third-order valence-corrected chi connectivity index (χ3v) is 4.60. The minimum absolute atomic E-state index is 0.262. The third-order valence-electron chi connectivity index (χ3n) is 2.69. The second kappa shape index (κ2) is 6.11. The number of sulfonamides is 1. The van der Waals surface area contributed by atoms with Gasteiger partial charge in [0.1, 0.15) is 6.54 Å². The first-order valence-electron chi connectivity index (χ1n) is 5.93. The largest absolute Gasteiger partial charge is 0.402 e. The Bertz CT molecular complexity index is 555. The number of hydrogen-bond acceptors (Lipinski definition) is 3. The number of rotatable bonds is 5. The maximum Gasteiger partial charge on any atom is 0.402 e. The quantitative estimate of drug-likeness (QED) is 0.908. The van der Waals surface area contributed by atoms with E-state index in [1.54, 1.807) is 0 Å². The molecular formula is C12H16F3NO3S. The summed E-state index contributed by atoms with van der Waals surface area (Å²) in [6.45, 7) is 0.951. The van der Waals surface area contributed by atoms with E-state index in [1.165, 1.54) is 38.1 Å². The molecule has 1 aromatic carbocycles. The predicted octanol–water partition coefficient (Wildman–Crippen LogP) is 2.31. The summed E-state index contributed by atoms with van der Waals surface area (Å²) >= 11 is 0. The van der Waals surface area contributed by atoms with E-state index in [0.717, 1.165) is 0 Å². The van der Waals surface area contributed by atoms with Gasteiger partial charge in [0.25, 0.3) is 0 Å². The Hall–Kier alpha value is -1.12. The molecule has 114 valence electrons. The second-order valence-corrected chi connectivity index (χ2v) is 6.23. The summed E-state index contributed by atoms with van der Waals surface area (Å²) in [7, 11) is -4.24. The van der Waals surface area contributed by atoms with Gasteiger partial charge in [0.15, 0.2) is 0 Å². The molecule has 20 heavy (non-hydrogen) atoms. The van der Waals surface area contributed by atoms with Crippen molar-refractivity contribution in [2.45, 2.75) is 31.0 Å². The fourth-order valence-corrected chi connectivity index (χ4v) is 3.14. The number of hydrogen-bond donors (Lipinski definition) is 1. The van der Waals surface area contributed by atoms with Gasteiger partial charge >= 0.3 is 6.18 Å². The maximum atomic E-state index is 12.4. The lowest BCUT2D eigenvalue weighted by atomic mass is 10.1. The predicted molar refractivity (Wildman–Crippen MR) is 67.6 cm³/mol. The van der Waals surface area contributed by atoms with Crippen molar-refractivity contribution in [2.75, 3.05) is 13.1 Å². The van der Waals surface area contributed by atoms with Gasteiger partial charge in [-0.3, -0.25) is 0 Å². The highest BCUT2D eigenvalue weighted by Gasteiger charge is 2.36. The van der Waals surface area contributed by atoms with Gasteiger partial charge in [0.2, 0.25) is 10.0 Å². The summed E-state index contributed by atoms with van der Waals surface area (Å²) in [5.41, 5.74) is 0.328. The SMILES string of the molecule is CCN(CC(F)(F)F)S(=O)(=O)c1cccc(C(C)O)c1. The molecule has 1 aromatic rings. The molecule has 0 fully saturated rings. The topological polar surface area (TPSA) is 57.6 Å². The molecule has 1 rings (SSSR count). The van der Waals surface area contributed by atoms with E-state index < -0.39 is 28.8 Å². The van der Waals surface area contributed by atoms with Crippen molar-refractivity contribution in [2.24, 2.45) is 0 Å². The first kappa shape index (κ1) is 16.9. The van der Waals surface area contributed by atoms with Crippen LogP contribution in [0.2, 0.25) is 0 Å². The zero-order valence-electron chi connectivity index (χ0n) is 11.1. The van der Waals surface area contributed by atoms with Crippen molar-refractivity contribution in [1.29, 1.82) is 0 Å². The molecule has 4 nitrogen and oxygen atoms in total. The highest BCUT2D eigenvalue weighted by Crippen LogP contribution is 2.24. The monoisotopic (exact) mass is 311 g/mol. The number of aliphatic hydroxyl groups excluding tert-OH is 1. The van der Waals surface area contributed by atoms with Crippen LogP contribution in [0, 0.1) is 0 Å². The van der Waals surface area contributed by atoms with Gasteiger partial charge in [-0.25, -0.2) is 8.42 Å². The van der Waals surface area contributed by atoms with Gasteiger partial charge in [0, 0.05) is 6.54 Å². The standard InChI is InChI=1S/C12H16F3NO3S/c1-3-16(8-12(13,14)15)20(18,19)11-6-4-5-10(7-11)9(2)17/h4-7,9,17H,3,8H2,1-2H3. The summed E-state index contributed by atoms with van der Waals surface area (Å²) in [5, 5.41) is 9.41. The van der Waals surface area contributed by atoms with Crippen LogP contribution < -0.4 is 0 Å². The lowest BCUT2D eigenvalue weighted by molar-refractivity contribution is -0.135. The fraction of sp³-hybridized carbons (Fsp3) is 0.500. The van der Waals surface area contributed by atoms with Gasteiger partial charge in [0.05, 0.1) is 11.0 Å². The fourth-order valence-electron chi connectivity index (χ4n) is 1.65. The number of benzene rings is 1. The molecule has 0 saturated heterocycles. The van der Waals surface area contributed by atoms with Gasteiger partial charge < -0.3 is 5.11 Å². The van der Waals surface area contributed by atoms with Crippen LogP contribution in [0.3, 0.4) is 0 Å². The van der Waals surface area contributed by atoms with Crippen LogP contribution in [0.1, 0.15) is 25.5 Å². The van der Waals surface area contributed by atoms with Crippen LogP contribution in [0.4, 0.5) is 13.2 Å². The van der Waals surface area contributed by atoms with Crippen LogP contribution in [0.25, 0.3) is 0 Å². The van der Waals surface area contributed by atoms with Crippen molar-refractivity contribution >= 4 is 10.0 Å². The molecule has 1 N–H and O–H groups in total. The van der Waals surface area contributed by atoms with E-state index in [2.05, 4.69) is 0 Å². The summed E-state index contributed by atoms with van der Waals surface area (Å²) in [5.74, 6) is 0. The van der Waals surface area contributed by atoms with E-state index in [1.807, 2.05) is 0 Å². The Morgan fingerprint density at radius 2 is 1.95 bits per heavy atom. The van der Waals surface area contributed by atoms with Gasteiger partial charge in [-0.15, -0.1) is 0 Å². The Morgan fingerprint density at radius 3 is 2.40 bits per heavy atom. The smallest absolute Gasteiger partial charge is 0.389 e. The van der Waals surface area contributed by atoms with Gasteiger partial charge in [-0.05, 0) is 24.6 Å². The maximum absolute atomic E-state index is 12.4. The Balaban J connectivity index is 3.17. The molecule has 0 amide bonds. The lowest BCUT2D eigenvalue weighted by Crippen LogP contribution is -2.38. The normalized spacial score (nSPS) is 14.6. The van der Waals surface area contributed by atoms with Crippen LogP contribution in [0.5, 0.6) is 0 Å². The summed E-state index contributed by atoms with van der Waals surface area (Å²) in [6, 6.07) is 5.28. The zero-order valence-corrected chi connectivity index (χ0v) is 11.9. The Labute approximate surface area is 115 Å². The minimum Gasteiger partial charge on any atom is -0.389 e. The molecule has 0 spiro atoms. The van der Waals surface area contributed by atoms with Gasteiger partial charge in [-0.1, -0.05) is 19.1 Å². The van der Waals surface area contributed by atoms with Crippen molar-refractivity contribution in [3.63, 3.8) is 0 Å². The second-order valence-electron chi connectivity index (χ2n) is 4.29. The first-order chi connectivity index (χ1) is 9.08. The molecule has 1 unspecified atom stereocenters. The van der Waals surface area contributed by atoms with Crippen LogP contribution in [-0.2, 0) is 10.0 Å². The van der Waals surface area contributed by atoms with E-state index >= 15 is 0 Å². The van der Waals surface area contributed by atoms with E-state index in [-0.39, 0.29) is 11.4 Å². The number of nitrogens with zero attached hydrogens (tertiary/aromatic N) is 1. The van der Waals surface area contributed by atoms with Crippen LogP contribution in [0.15, 0.2) is 29.2 Å². The summed E-state index contributed by atoms with van der Waals surface area (Å²) < 4.78 is 61.9. The van der Waals surface area contributed by atoms with E-state index in [0.29, 0.717) is 9.87 Å². The van der Waals surface area contributed by atoms with Crippen LogP contribution in [-0.4, -0.2) is 37.1 Å². The molecule has 8 heteroatoms. The molecule has 0 radical (unpaired) electrons. The number of halogens is 3. The van der Waals surface area contributed by atoms with Crippen molar-refractivity contribution < 1.29 is 26.7 Å². The average Bonchev–Trinajstić information content (AvgIpc) is 2.34. The molecule has 0 bridgehead atoms. The molecule has 0 saturated carbocycles. The summed E-state index contributed by atoms with van der Waals surface area (Å²) in [4.78, 5) is -0.262.